The van der Waals surface area contributed by atoms with Crippen LogP contribution in [-0.2, 0) is 6.42 Å². The summed E-state index contributed by atoms with van der Waals surface area (Å²) < 4.78 is 0. The normalized spacial score (nSPS) is 24.5. The van der Waals surface area contributed by atoms with E-state index in [0.29, 0.717) is 5.54 Å². The van der Waals surface area contributed by atoms with Gasteiger partial charge < -0.3 is 5.32 Å². The molecule has 1 N–H and O–H groups in total. The van der Waals surface area contributed by atoms with Gasteiger partial charge in [0.15, 0.2) is 0 Å². The topological polar surface area (TPSA) is 12.0 Å². The molecule has 1 fully saturated rings. The molecule has 0 aromatic heterocycles. The molecule has 0 amide bonds. The smallest absolute Gasteiger partial charge is 0.0208 e. The first kappa shape index (κ1) is 12.6. The molecule has 0 spiro atoms. The molecule has 1 heterocycles. The van der Waals surface area contributed by atoms with Crippen molar-refractivity contribution < 1.29 is 0 Å². The van der Waals surface area contributed by atoms with Crippen LogP contribution in [0.5, 0.6) is 0 Å². The number of nitrogens with one attached hydrogen (secondary N) is 1. The van der Waals surface area contributed by atoms with E-state index < -0.39 is 0 Å². The predicted molar refractivity (Wildman–Crippen MR) is 74.3 cm³/mol. The van der Waals surface area contributed by atoms with E-state index >= 15 is 0 Å². The van der Waals surface area contributed by atoms with Gasteiger partial charge in [-0.25, -0.2) is 0 Å². The van der Waals surface area contributed by atoms with Gasteiger partial charge in [0.2, 0.25) is 0 Å². The van der Waals surface area contributed by atoms with Crippen molar-refractivity contribution in [2.45, 2.75) is 52.0 Å². The Morgan fingerprint density at radius 2 is 1.94 bits per heavy atom. The monoisotopic (exact) mass is 231 g/mol. The number of rotatable bonds is 4. The molecule has 0 saturated carbocycles. The van der Waals surface area contributed by atoms with E-state index in [1.165, 1.54) is 43.4 Å². The average molecular weight is 231 g/mol. The summed E-state index contributed by atoms with van der Waals surface area (Å²) in [7, 11) is 0. The number of hydrogen-bond donors (Lipinski definition) is 1. The fourth-order valence-corrected chi connectivity index (χ4v) is 2.95. The van der Waals surface area contributed by atoms with E-state index in [-0.39, 0.29) is 0 Å². The number of benzene rings is 1. The standard InChI is InChI=1S/C16H25N/c1-13(2)16(10-4-12-17-16)11-9-15-7-5-14(3)6-8-15/h5-8,13,17H,4,9-12H2,1-3H3. The summed E-state index contributed by atoms with van der Waals surface area (Å²) in [5, 5.41) is 3.75. The Morgan fingerprint density at radius 3 is 2.47 bits per heavy atom. The van der Waals surface area contributed by atoms with Gasteiger partial charge in [-0.3, -0.25) is 0 Å². The summed E-state index contributed by atoms with van der Waals surface area (Å²) in [6.07, 6.45) is 5.15. The lowest BCUT2D eigenvalue weighted by Gasteiger charge is -2.34. The van der Waals surface area contributed by atoms with Crippen molar-refractivity contribution in [1.29, 1.82) is 0 Å². The van der Waals surface area contributed by atoms with Crippen molar-refractivity contribution in [3.8, 4) is 0 Å². The van der Waals surface area contributed by atoms with Crippen LogP contribution in [0.2, 0.25) is 0 Å². The van der Waals surface area contributed by atoms with Crippen LogP contribution >= 0.6 is 0 Å². The highest BCUT2D eigenvalue weighted by Gasteiger charge is 2.35. The molecule has 94 valence electrons. The zero-order valence-electron chi connectivity index (χ0n) is 11.4. The number of aryl methyl sites for hydroxylation is 2. The highest BCUT2D eigenvalue weighted by molar-refractivity contribution is 5.21. The molecule has 2 rings (SSSR count). The van der Waals surface area contributed by atoms with Crippen LogP contribution in [0.3, 0.4) is 0 Å². The van der Waals surface area contributed by atoms with Gasteiger partial charge in [-0.15, -0.1) is 0 Å². The third kappa shape index (κ3) is 2.90. The molecule has 1 saturated heterocycles. The van der Waals surface area contributed by atoms with Crippen molar-refractivity contribution in [3.63, 3.8) is 0 Å². The highest BCUT2D eigenvalue weighted by Crippen LogP contribution is 2.32. The summed E-state index contributed by atoms with van der Waals surface area (Å²) in [6.45, 7) is 8.06. The average Bonchev–Trinajstić information content (AvgIpc) is 2.78. The summed E-state index contributed by atoms with van der Waals surface area (Å²) in [5.41, 5.74) is 3.22. The first-order valence-electron chi connectivity index (χ1n) is 6.93. The third-order valence-electron chi connectivity index (χ3n) is 4.36. The van der Waals surface area contributed by atoms with Gasteiger partial charge in [0, 0.05) is 5.54 Å². The van der Waals surface area contributed by atoms with Crippen molar-refractivity contribution in [2.24, 2.45) is 5.92 Å². The van der Waals surface area contributed by atoms with Gasteiger partial charge in [0.05, 0.1) is 0 Å². The fourth-order valence-electron chi connectivity index (χ4n) is 2.95. The quantitative estimate of drug-likeness (QED) is 0.833. The minimum Gasteiger partial charge on any atom is -0.311 e. The van der Waals surface area contributed by atoms with E-state index in [2.05, 4.69) is 50.4 Å². The Bertz CT molecular complexity index is 344. The molecule has 0 bridgehead atoms. The lowest BCUT2D eigenvalue weighted by molar-refractivity contribution is 0.252. The van der Waals surface area contributed by atoms with E-state index in [4.69, 9.17) is 0 Å². The predicted octanol–water partition coefficient (Wildman–Crippen LogP) is 3.71. The summed E-state index contributed by atoms with van der Waals surface area (Å²) in [4.78, 5) is 0. The van der Waals surface area contributed by atoms with Gasteiger partial charge in [-0.05, 0) is 50.6 Å². The maximum absolute atomic E-state index is 3.75. The summed E-state index contributed by atoms with van der Waals surface area (Å²) >= 11 is 0. The zero-order chi connectivity index (χ0) is 12.3. The Labute approximate surface area is 106 Å². The van der Waals surface area contributed by atoms with Crippen LogP contribution in [0.25, 0.3) is 0 Å². The van der Waals surface area contributed by atoms with Crippen molar-refractivity contribution in [2.75, 3.05) is 6.54 Å². The maximum Gasteiger partial charge on any atom is 0.0208 e. The first-order chi connectivity index (χ1) is 8.12. The van der Waals surface area contributed by atoms with Crippen LogP contribution in [0.15, 0.2) is 24.3 Å². The number of hydrogen-bond acceptors (Lipinski definition) is 1. The Morgan fingerprint density at radius 1 is 1.24 bits per heavy atom. The molecular formula is C16H25N. The van der Waals surface area contributed by atoms with Crippen molar-refractivity contribution >= 4 is 0 Å². The second-order valence-electron chi connectivity index (χ2n) is 5.83. The van der Waals surface area contributed by atoms with Crippen LogP contribution < -0.4 is 5.32 Å². The van der Waals surface area contributed by atoms with Crippen molar-refractivity contribution in [1.82, 2.24) is 5.32 Å². The molecule has 0 aliphatic carbocycles. The molecule has 1 heteroatoms. The van der Waals surface area contributed by atoms with Gasteiger partial charge >= 0.3 is 0 Å². The van der Waals surface area contributed by atoms with E-state index in [1.54, 1.807) is 0 Å². The van der Waals surface area contributed by atoms with Crippen molar-refractivity contribution in [3.05, 3.63) is 35.4 Å². The van der Waals surface area contributed by atoms with Gasteiger partial charge in [-0.1, -0.05) is 43.7 Å². The fraction of sp³-hybridized carbons (Fsp3) is 0.625. The minimum atomic E-state index is 0.394. The molecule has 1 aromatic rings. The van der Waals surface area contributed by atoms with Gasteiger partial charge in [-0.2, -0.15) is 0 Å². The van der Waals surface area contributed by atoms with E-state index in [9.17, 15) is 0 Å². The third-order valence-corrected chi connectivity index (χ3v) is 4.36. The summed E-state index contributed by atoms with van der Waals surface area (Å²) in [6, 6.07) is 9.00. The molecule has 1 atom stereocenters. The molecule has 1 aliphatic heterocycles. The highest BCUT2D eigenvalue weighted by atomic mass is 15.0. The Hall–Kier alpha value is -0.820. The van der Waals surface area contributed by atoms with Gasteiger partial charge in [0.25, 0.3) is 0 Å². The largest absolute Gasteiger partial charge is 0.311 e. The van der Waals surface area contributed by atoms with E-state index in [0.717, 1.165) is 5.92 Å². The Balaban J connectivity index is 1.98. The molecular weight excluding hydrogens is 206 g/mol. The molecule has 1 aromatic carbocycles. The molecule has 17 heavy (non-hydrogen) atoms. The molecule has 1 nitrogen and oxygen atoms in total. The SMILES string of the molecule is Cc1ccc(CCC2(C(C)C)CCCN2)cc1. The Kier molecular flexibility index (Phi) is 3.88. The zero-order valence-corrected chi connectivity index (χ0v) is 11.4. The van der Waals surface area contributed by atoms with Gasteiger partial charge in [0.1, 0.15) is 0 Å². The van der Waals surface area contributed by atoms with Crippen LogP contribution in [0.4, 0.5) is 0 Å². The lowest BCUT2D eigenvalue weighted by Crippen LogP contribution is -2.45. The van der Waals surface area contributed by atoms with E-state index in [1.807, 2.05) is 0 Å². The maximum atomic E-state index is 3.75. The second-order valence-corrected chi connectivity index (χ2v) is 5.83. The molecule has 1 unspecified atom stereocenters. The summed E-state index contributed by atoms with van der Waals surface area (Å²) in [5.74, 6) is 0.732. The van der Waals surface area contributed by atoms with Crippen LogP contribution in [-0.4, -0.2) is 12.1 Å². The first-order valence-corrected chi connectivity index (χ1v) is 6.93. The minimum absolute atomic E-state index is 0.394. The van der Waals surface area contributed by atoms with Crippen LogP contribution in [0, 0.1) is 12.8 Å². The molecule has 1 aliphatic rings. The van der Waals surface area contributed by atoms with Crippen LogP contribution in [0.1, 0.15) is 44.2 Å². The lowest BCUT2D eigenvalue weighted by atomic mass is 9.80. The molecule has 0 radical (unpaired) electrons. The second kappa shape index (κ2) is 5.22.